The van der Waals surface area contributed by atoms with Gasteiger partial charge in [-0.05, 0) is 60.9 Å². The summed E-state index contributed by atoms with van der Waals surface area (Å²) < 4.78 is 64.3. The Morgan fingerprint density at radius 1 is 0.917 bits per heavy atom. The van der Waals surface area contributed by atoms with Crippen molar-refractivity contribution in [3.05, 3.63) is 83.4 Å². The molecule has 4 atom stereocenters. The fourth-order valence-electron chi connectivity index (χ4n) is 6.28. The number of rotatable bonds is 16. The quantitative estimate of drug-likeness (QED) is 0.222. The number of hydrogen-bond acceptors (Lipinski definition) is 10. The molecule has 0 aromatic heterocycles. The largest absolute Gasteiger partial charge is 0.497 e. The van der Waals surface area contributed by atoms with Crippen molar-refractivity contribution in [1.29, 1.82) is 0 Å². The van der Waals surface area contributed by atoms with Gasteiger partial charge >= 0.3 is 0 Å². The van der Waals surface area contributed by atoms with Gasteiger partial charge in [-0.1, -0.05) is 35.9 Å². The van der Waals surface area contributed by atoms with E-state index in [0.29, 0.717) is 19.0 Å². The molecule has 11 nitrogen and oxygen atoms in total. The lowest BCUT2D eigenvalue weighted by molar-refractivity contribution is -0.0997. The van der Waals surface area contributed by atoms with Crippen molar-refractivity contribution >= 4 is 15.7 Å². The number of sulfonamides is 1. The van der Waals surface area contributed by atoms with Gasteiger partial charge in [-0.2, -0.15) is 4.31 Å². The summed E-state index contributed by atoms with van der Waals surface area (Å²) in [5, 5.41) is 10.5. The van der Waals surface area contributed by atoms with E-state index in [1.165, 1.54) is 11.4 Å². The first kappa shape index (κ1) is 36.1. The molecule has 0 radical (unpaired) electrons. The molecule has 2 aliphatic heterocycles. The van der Waals surface area contributed by atoms with Crippen molar-refractivity contribution in [2.75, 3.05) is 78.8 Å². The molecular weight excluding hydrogens is 636 g/mol. The van der Waals surface area contributed by atoms with Gasteiger partial charge in [0, 0.05) is 46.4 Å². The SMILES string of the molecule is COCCCN1CCOc2ccc(CO[C@H]3CN(S(=O)(=O)c4ccc(C)cc4)C[C@@H](OCC(O)COC)[C@@H]3c3ccc(OC)cc3)cc21. The summed E-state index contributed by atoms with van der Waals surface area (Å²) in [5.74, 6) is 1.19. The third-order valence-electron chi connectivity index (χ3n) is 8.81. The molecule has 2 heterocycles. The number of benzene rings is 3. The summed E-state index contributed by atoms with van der Waals surface area (Å²) in [6.07, 6.45) is -1.19. The standard InChI is InChI=1S/C36H48N2O9S/c1-26-6-13-31(14-7-26)48(40,41)38-21-34(46-23-27-8-15-33-32(20-27)37(17-19-45-33)16-5-18-42-2)36(28-9-11-30(44-4)12-10-28)35(22-38)47-25-29(39)24-43-3/h6-15,20,29,34-36,39H,5,16-19,21-25H2,1-4H3/t29?,34-,35+,36+/m0/s1. The number of fused-ring (bicyclic) bond motifs is 1. The van der Waals surface area contributed by atoms with E-state index < -0.39 is 28.3 Å². The van der Waals surface area contributed by atoms with Crippen molar-refractivity contribution in [2.45, 2.75) is 49.1 Å². The highest BCUT2D eigenvalue weighted by Gasteiger charge is 2.44. The number of aryl methyl sites for hydroxylation is 1. The van der Waals surface area contributed by atoms with Crippen LogP contribution in [0.3, 0.4) is 0 Å². The Balaban J connectivity index is 1.46. The van der Waals surface area contributed by atoms with E-state index in [0.717, 1.165) is 47.6 Å². The number of anilines is 1. The predicted molar refractivity (Wildman–Crippen MR) is 183 cm³/mol. The maximum Gasteiger partial charge on any atom is 0.243 e. The van der Waals surface area contributed by atoms with Crippen LogP contribution in [0, 0.1) is 6.92 Å². The van der Waals surface area contributed by atoms with E-state index in [1.807, 2.05) is 43.3 Å². The van der Waals surface area contributed by atoms with Gasteiger partial charge in [-0.25, -0.2) is 8.42 Å². The number of nitrogens with zero attached hydrogens (tertiary/aromatic N) is 2. The number of methoxy groups -OCH3 is 3. The lowest BCUT2D eigenvalue weighted by Gasteiger charge is -2.43. The first-order chi connectivity index (χ1) is 23.2. The van der Waals surface area contributed by atoms with Crippen LogP contribution in [0.25, 0.3) is 0 Å². The van der Waals surface area contributed by atoms with Crippen molar-refractivity contribution in [3.8, 4) is 11.5 Å². The molecular formula is C36H48N2O9S. The summed E-state index contributed by atoms with van der Waals surface area (Å²) in [5.41, 5.74) is 3.83. The Morgan fingerprint density at radius 3 is 2.33 bits per heavy atom. The number of hydrogen-bond donors (Lipinski definition) is 1. The Hall–Kier alpha value is -3.23. The average molecular weight is 685 g/mol. The summed E-state index contributed by atoms with van der Waals surface area (Å²) in [4.78, 5) is 2.50. The van der Waals surface area contributed by atoms with E-state index in [9.17, 15) is 13.5 Å². The van der Waals surface area contributed by atoms with Crippen LogP contribution < -0.4 is 14.4 Å². The van der Waals surface area contributed by atoms with Gasteiger partial charge in [-0.3, -0.25) is 0 Å². The maximum absolute atomic E-state index is 14.0. The van der Waals surface area contributed by atoms with Gasteiger partial charge < -0.3 is 38.4 Å². The van der Waals surface area contributed by atoms with Crippen LogP contribution in [-0.4, -0.2) is 110 Å². The third-order valence-corrected chi connectivity index (χ3v) is 10.7. The molecule has 5 rings (SSSR count). The first-order valence-corrected chi connectivity index (χ1v) is 17.8. The molecule has 0 bridgehead atoms. The molecule has 1 unspecified atom stereocenters. The molecule has 48 heavy (non-hydrogen) atoms. The van der Waals surface area contributed by atoms with Crippen LogP contribution in [0.4, 0.5) is 5.69 Å². The van der Waals surface area contributed by atoms with Gasteiger partial charge in [0.15, 0.2) is 0 Å². The van der Waals surface area contributed by atoms with E-state index in [4.69, 9.17) is 28.4 Å². The van der Waals surface area contributed by atoms with Crippen LogP contribution in [-0.2, 0) is 35.6 Å². The van der Waals surface area contributed by atoms with Gasteiger partial charge in [0.25, 0.3) is 0 Å². The predicted octanol–water partition coefficient (Wildman–Crippen LogP) is 4.00. The van der Waals surface area contributed by atoms with Gasteiger partial charge in [-0.15, -0.1) is 0 Å². The minimum absolute atomic E-state index is 0.0277. The lowest BCUT2D eigenvalue weighted by Crippen LogP contribution is -2.54. The van der Waals surface area contributed by atoms with Crippen LogP contribution in [0.1, 0.15) is 29.0 Å². The zero-order valence-electron chi connectivity index (χ0n) is 28.2. The van der Waals surface area contributed by atoms with E-state index in [-0.39, 0.29) is 43.7 Å². The topological polar surface area (TPSA) is 116 Å². The molecule has 1 N–H and O–H groups in total. The van der Waals surface area contributed by atoms with Crippen LogP contribution in [0.15, 0.2) is 71.6 Å². The zero-order chi connectivity index (χ0) is 34.1. The second kappa shape index (κ2) is 16.9. The molecule has 3 aromatic rings. The third kappa shape index (κ3) is 8.86. The fourth-order valence-corrected chi connectivity index (χ4v) is 7.75. The Bertz CT molecular complexity index is 1550. The van der Waals surface area contributed by atoms with E-state index >= 15 is 0 Å². The van der Waals surface area contributed by atoms with Gasteiger partial charge in [0.05, 0.1) is 56.3 Å². The van der Waals surface area contributed by atoms with Crippen molar-refractivity contribution < 1.29 is 41.9 Å². The molecule has 0 amide bonds. The summed E-state index contributed by atoms with van der Waals surface area (Å²) in [7, 11) is 0.937. The van der Waals surface area contributed by atoms with Crippen molar-refractivity contribution in [3.63, 3.8) is 0 Å². The molecule has 1 fully saturated rings. The van der Waals surface area contributed by atoms with Crippen molar-refractivity contribution in [1.82, 2.24) is 4.31 Å². The highest BCUT2D eigenvalue weighted by atomic mass is 32.2. The summed E-state index contributed by atoms with van der Waals surface area (Å²) in [6.45, 7) is 5.35. The number of aliphatic hydroxyl groups excluding tert-OH is 1. The second-order valence-electron chi connectivity index (χ2n) is 12.2. The summed E-state index contributed by atoms with van der Waals surface area (Å²) in [6, 6.07) is 20.5. The van der Waals surface area contributed by atoms with Crippen molar-refractivity contribution in [2.24, 2.45) is 0 Å². The Morgan fingerprint density at radius 2 is 1.65 bits per heavy atom. The molecule has 0 saturated carbocycles. The molecule has 0 aliphatic carbocycles. The number of piperidine rings is 1. The molecule has 3 aromatic carbocycles. The average Bonchev–Trinajstić information content (AvgIpc) is 3.10. The number of ether oxygens (including phenoxy) is 6. The van der Waals surface area contributed by atoms with Crippen LogP contribution in [0.2, 0.25) is 0 Å². The molecule has 262 valence electrons. The number of aliphatic hydroxyl groups is 1. The minimum atomic E-state index is -3.89. The zero-order valence-corrected chi connectivity index (χ0v) is 29.1. The molecule has 1 saturated heterocycles. The lowest BCUT2D eigenvalue weighted by atomic mass is 9.85. The first-order valence-electron chi connectivity index (χ1n) is 16.3. The maximum atomic E-state index is 14.0. The second-order valence-corrected chi connectivity index (χ2v) is 14.2. The molecule has 0 spiro atoms. The smallest absolute Gasteiger partial charge is 0.243 e. The monoisotopic (exact) mass is 684 g/mol. The summed E-state index contributed by atoms with van der Waals surface area (Å²) >= 11 is 0. The Kier molecular flexibility index (Phi) is 12.7. The molecule has 2 aliphatic rings. The highest BCUT2D eigenvalue weighted by Crippen LogP contribution is 2.37. The minimum Gasteiger partial charge on any atom is -0.497 e. The fraction of sp³-hybridized carbons (Fsp3) is 0.500. The highest BCUT2D eigenvalue weighted by molar-refractivity contribution is 7.89. The van der Waals surface area contributed by atoms with E-state index in [2.05, 4.69) is 11.0 Å². The van der Waals surface area contributed by atoms with Crippen LogP contribution in [0.5, 0.6) is 11.5 Å². The van der Waals surface area contributed by atoms with Crippen LogP contribution >= 0.6 is 0 Å². The van der Waals surface area contributed by atoms with E-state index in [1.54, 1.807) is 38.5 Å². The normalized spacial score (nSPS) is 20.6. The molecule has 12 heteroatoms. The van der Waals surface area contributed by atoms with Gasteiger partial charge in [0.1, 0.15) is 24.2 Å². The Labute approximate surface area is 284 Å². The van der Waals surface area contributed by atoms with Gasteiger partial charge in [0.2, 0.25) is 10.0 Å².